The molecular weight excluding hydrogens is 356 g/mol. The van der Waals surface area contributed by atoms with E-state index in [0.717, 1.165) is 23.4 Å². The molecule has 0 fully saturated rings. The predicted molar refractivity (Wildman–Crippen MR) is 99.0 cm³/mol. The average molecular weight is 382 g/mol. The summed E-state index contributed by atoms with van der Waals surface area (Å²) >= 11 is 1.46. The fraction of sp³-hybridized carbons (Fsp3) is 0.588. The molecule has 0 radical (unpaired) electrons. The highest BCUT2D eigenvalue weighted by atomic mass is 32.2. The zero-order valence-electron chi connectivity index (χ0n) is 15.8. The summed E-state index contributed by atoms with van der Waals surface area (Å²) in [4.78, 5) is 43.7. The largest absolute Gasteiger partial charge is 0.456 e. The first-order valence-electron chi connectivity index (χ1n) is 8.40. The number of rotatable bonds is 8. The molecule has 1 heterocycles. The molecule has 0 bridgehead atoms. The van der Waals surface area contributed by atoms with Gasteiger partial charge < -0.3 is 10.1 Å². The molecule has 1 atom stereocenters. The van der Waals surface area contributed by atoms with E-state index in [-0.39, 0.29) is 12.5 Å². The van der Waals surface area contributed by atoms with Crippen LogP contribution in [0.5, 0.6) is 0 Å². The van der Waals surface area contributed by atoms with E-state index in [4.69, 9.17) is 4.74 Å². The Kier molecular flexibility index (Phi) is 9.04. The summed E-state index contributed by atoms with van der Waals surface area (Å²) in [7, 11) is 0. The summed E-state index contributed by atoms with van der Waals surface area (Å²) in [5, 5.41) is 5.40. The molecule has 0 spiro atoms. The number of ether oxygens (including phenoxy) is 1. The molecule has 26 heavy (non-hydrogen) atoms. The van der Waals surface area contributed by atoms with E-state index in [0.29, 0.717) is 11.6 Å². The first-order chi connectivity index (χ1) is 12.3. The predicted octanol–water partition coefficient (Wildman–Crippen LogP) is 1.92. The molecule has 0 saturated heterocycles. The number of hydrogen-bond donors (Lipinski definition) is 2. The summed E-state index contributed by atoms with van der Waals surface area (Å²) < 4.78 is 4.91. The van der Waals surface area contributed by atoms with Crippen LogP contribution in [0.2, 0.25) is 0 Å². The molecule has 8 nitrogen and oxygen atoms in total. The van der Waals surface area contributed by atoms with E-state index in [9.17, 15) is 14.4 Å². The van der Waals surface area contributed by atoms with Crippen LogP contribution in [0.15, 0.2) is 5.16 Å². The van der Waals surface area contributed by atoms with Gasteiger partial charge >= 0.3 is 12.0 Å². The Balaban J connectivity index is 2.41. The van der Waals surface area contributed by atoms with Crippen molar-refractivity contribution in [3.8, 4) is 0 Å². The molecule has 1 aromatic rings. The lowest BCUT2D eigenvalue weighted by Gasteiger charge is -2.12. The molecule has 144 valence electrons. The number of carbonyl (C=O) groups is 3. The van der Waals surface area contributed by atoms with Crippen LogP contribution >= 0.6 is 11.8 Å². The summed E-state index contributed by atoms with van der Waals surface area (Å²) in [5.74, 6) is -1.19. The van der Waals surface area contributed by atoms with Gasteiger partial charge in [0.25, 0.3) is 5.91 Å². The second-order valence-electron chi connectivity index (χ2n) is 5.85. The molecule has 0 unspecified atom stereocenters. The third-order valence-electron chi connectivity index (χ3n) is 3.77. The summed E-state index contributed by atoms with van der Waals surface area (Å²) in [6, 6.07) is -0.644. The van der Waals surface area contributed by atoms with Crippen molar-refractivity contribution >= 4 is 29.7 Å². The Morgan fingerprint density at radius 3 is 2.35 bits per heavy atom. The number of amides is 3. The van der Waals surface area contributed by atoms with Crippen LogP contribution in [0.3, 0.4) is 0 Å². The minimum atomic E-state index is -0.667. The number of carbonyl (C=O) groups excluding carboxylic acids is 3. The highest BCUT2D eigenvalue weighted by Gasteiger charge is 2.14. The third-order valence-corrected chi connectivity index (χ3v) is 4.32. The van der Waals surface area contributed by atoms with Crippen LogP contribution in [0.1, 0.15) is 43.6 Å². The lowest BCUT2D eigenvalue weighted by Crippen LogP contribution is -2.44. The van der Waals surface area contributed by atoms with Crippen LogP contribution in [0, 0.1) is 13.8 Å². The maximum Gasteiger partial charge on any atom is 0.321 e. The van der Waals surface area contributed by atoms with Gasteiger partial charge in [-0.15, -0.1) is 0 Å². The van der Waals surface area contributed by atoms with E-state index in [1.165, 1.54) is 11.8 Å². The molecule has 1 rings (SSSR count). The van der Waals surface area contributed by atoms with Gasteiger partial charge in [-0.2, -0.15) is 0 Å². The fourth-order valence-corrected chi connectivity index (χ4v) is 2.59. The van der Waals surface area contributed by atoms with E-state index in [2.05, 4.69) is 20.6 Å². The van der Waals surface area contributed by atoms with Crippen LogP contribution in [0.25, 0.3) is 0 Å². The minimum Gasteiger partial charge on any atom is -0.456 e. The SMILES string of the molecule is CC[C@@H](C)NC(=O)NC(=O)COC(=O)CCc1c(C)nc(SC)nc1C. The number of imide groups is 1. The van der Waals surface area contributed by atoms with E-state index in [1.807, 2.05) is 34.0 Å². The van der Waals surface area contributed by atoms with Gasteiger partial charge in [0.15, 0.2) is 11.8 Å². The van der Waals surface area contributed by atoms with Crippen LogP contribution in [-0.2, 0) is 20.7 Å². The summed E-state index contributed by atoms with van der Waals surface area (Å²) in [6.07, 6.45) is 3.19. The number of esters is 1. The zero-order valence-corrected chi connectivity index (χ0v) is 16.7. The molecular formula is C17H26N4O4S. The molecule has 9 heteroatoms. The van der Waals surface area contributed by atoms with Crippen molar-refractivity contribution in [3.63, 3.8) is 0 Å². The van der Waals surface area contributed by atoms with Crippen molar-refractivity contribution in [2.45, 2.75) is 58.2 Å². The van der Waals surface area contributed by atoms with Crippen molar-refractivity contribution < 1.29 is 19.1 Å². The Morgan fingerprint density at radius 2 is 1.81 bits per heavy atom. The van der Waals surface area contributed by atoms with Gasteiger partial charge in [0.05, 0.1) is 0 Å². The summed E-state index contributed by atoms with van der Waals surface area (Å²) in [5.41, 5.74) is 2.56. The smallest absolute Gasteiger partial charge is 0.321 e. The van der Waals surface area contributed by atoms with Gasteiger partial charge in [-0.25, -0.2) is 14.8 Å². The van der Waals surface area contributed by atoms with Crippen molar-refractivity contribution in [1.29, 1.82) is 0 Å². The van der Waals surface area contributed by atoms with Crippen LogP contribution < -0.4 is 10.6 Å². The minimum absolute atomic E-state index is 0.0449. The number of hydrogen-bond acceptors (Lipinski definition) is 7. The normalized spacial score (nSPS) is 11.6. The van der Waals surface area contributed by atoms with Gasteiger partial charge in [0.1, 0.15) is 0 Å². The molecule has 2 N–H and O–H groups in total. The molecule has 1 aromatic heterocycles. The third kappa shape index (κ3) is 7.38. The molecule has 0 saturated carbocycles. The molecule has 0 aliphatic rings. The van der Waals surface area contributed by atoms with Crippen molar-refractivity contribution in [2.75, 3.05) is 12.9 Å². The first-order valence-corrected chi connectivity index (χ1v) is 9.63. The Labute approximate surface area is 157 Å². The fourth-order valence-electron chi connectivity index (χ4n) is 2.13. The monoisotopic (exact) mass is 382 g/mol. The molecule has 0 aromatic carbocycles. The molecule has 0 aliphatic heterocycles. The lowest BCUT2D eigenvalue weighted by atomic mass is 10.1. The number of nitrogens with one attached hydrogen (secondary N) is 2. The molecule has 0 aliphatic carbocycles. The average Bonchev–Trinajstić information content (AvgIpc) is 2.58. The Morgan fingerprint density at radius 1 is 1.19 bits per heavy atom. The number of aromatic nitrogens is 2. The van der Waals surface area contributed by atoms with E-state index < -0.39 is 24.5 Å². The lowest BCUT2D eigenvalue weighted by molar-refractivity contribution is -0.148. The van der Waals surface area contributed by atoms with Gasteiger partial charge in [-0.3, -0.25) is 14.9 Å². The highest BCUT2D eigenvalue weighted by molar-refractivity contribution is 7.98. The highest BCUT2D eigenvalue weighted by Crippen LogP contribution is 2.17. The van der Waals surface area contributed by atoms with Gasteiger partial charge in [0, 0.05) is 23.9 Å². The maximum absolute atomic E-state index is 11.8. The van der Waals surface area contributed by atoms with Crippen molar-refractivity contribution in [1.82, 2.24) is 20.6 Å². The number of thioether (sulfide) groups is 1. The molecule has 3 amide bonds. The van der Waals surface area contributed by atoms with Crippen molar-refractivity contribution in [2.24, 2.45) is 0 Å². The zero-order chi connectivity index (χ0) is 19.7. The maximum atomic E-state index is 11.8. The second-order valence-corrected chi connectivity index (χ2v) is 6.62. The van der Waals surface area contributed by atoms with Gasteiger partial charge in [-0.1, -0.05) is 18.7 Å². The first kappa shape index (κ1) is 21.9. The Hall–Kier alpha value is -2.16. The van der Waals surface area contributed by atoms with Gasteiger partial charge in [-0.05, 0) is 45.4 Å². The van der Waals surface area contributed by atoms with Crippen molar-refractivity contribution in [3.05, 3.63) is 17.0 Å². The summed E-state index contributed by atoms with van der Waals surface area (Å²) in [6.45, 7) is 6.99. The second kappa shape index (κ2) is 10.7. The quantitative estimate of drug-likeness (QED) is 0.401. The topological polar surface area (TPSA) is 110 Å². The number of aryl methyl sites for hydroxylation is 2. The van der Waals surface area contributed by atoms with E-state index >= 15 is 0 Å². The standard InChI is InChI=1S/C17H26N4O4S/c1-6-10(2)18-16(24)21-14(22)9-25-15(23)8-7-13-11(3)19-17(26-5)20-12(13)4/h10H,6-9H2,1-5H3,(H2,18,21,22,24)/t10-/m1/s1. The van der Waals surface area contributed by atoms with E-state index in [1.54, 1.807) is 0 Å². The van der Waals surface area contributed by atoms with Crippen LogP contribution in [0.4, 0.5) is 4.79 Å². The Bertz CT molecular complexity index is 643. The number of nitrogens with zero attached hydrogens (tertiary/aromatic N) is 2. The number of urea groups is 1. The van der Waals surface area contributed by atoms with Gasteiger partial charge in [0.2, 0.25) is 0 Å². The van der Waals surface area contributed by atoms with Crippen LogP contribution in [-0.4, -0.2) is 46.8 Å².